The first-order valence-corrected chi connectivity index (χ1v) is 2.90. The lowest BCUT2D eigenvalue weighted by molar-refractivity contribution is 1.14. The van der Waals surface area contributed by atoms with Crippen molar-refractivity contribution < 1.29 is 0 Å². The van der Waals surface area contributed by atoms with Crippen molar-refractivity contribution in [2.45, 2.75) is 0 Å². The van der Waals surface area contributed by atoms with Crippen molar-refractivity contribution in [2.24, 2.45) is 10.9 Å². The Morgan fingerprint density at radius 2 is 2.56 bits per heavy atom. The highest BCUT2D eigenvalue weighted by molar-refractivity contribution is 7.80. The Hall–Kier alpha value is -1.01. The molecule has 0 aromatic carbocycles. The van der Waals surface area contributed by atoms with E-state index in [2.05, 4.69) is 4.99 Å². The van der Waals surface area contributed by atoms with E-state index in [0.717, 1.165) is 0 Å². The number of rotatable bonds is 0. The van der Waals surface area contributed by atoms with E-state index in [4.69, 9.17) is 17.5 Å². The van der Waals surface area contributed by atoms with Gasteiger partial charge in [-0.05, 0) is 6.08 Å². The number of thiocarbonyl (C=S) groups is 1. The summed E-state index contributed by atoms with van der Waals surface area (Å²) in [6.07, 6.45) is 5.05. The molecule has 1 aliphatic rings. The molecule has 3 heteroatoms. The van der Waals surface area contributed by atoms with Gasteiger partial charge < -0.3 is 0 Å². The van der Waals surface area contributed by atoms with Crippen LogP contribution in [0.15, 0.2) is 17.1 Å². The van der Waals surface area contributed by atoms with Crippen LogP contribution in [0, 0.1) is 17.2 Å². The largest absolute Gasteiger partial charge is 0.248 e. The zero-order valence-electron chi connectivity index (χ0n) is 4.61. The monoisotopic (exact) mass is 136 g/mol. The average Bonchev–Trinajstić information content (AvgIpc) is 1.89. The van der Waals surface area contributed by atoms with Gasteiger partial charge in [-0.1, -0.05) is 18.3 Å². The molecular formula is C6H4N2S. The molecule has 0 aromatic rings. The smallest absolute Gasteiger partial charge is 0.124 e. The summed E-state index contributed by atoms with van der Waals surface area (Å²) in [5.41, 5.74) is 0. The van der Waals surface area contributed by atoms with Gasteiger partial charge in [0, 0.05) is 6.21 Å². The van der Waals surface area contributed by atoms with Crippen LogP contribution in [-0.2, 0) is 0 Å². The van der Waals surface area contributed by atoms with E-state index in [9.17, 15) is 0 Å². The number of allylic oxidation sites excluding steroid dienone is 1. The van der Waals surface area contributed by atoms with E-state index in [1.807, 2.05) is 6.07 Å². The SMILES string of the molecule is N#CC1C=CC=NC1=S. The van der Waals surface area contributed by atoms with Crippen LogP contribution in [-0.4, -0.2) is 11.2 Å². The number of nitriles is 1. The molecule has 0 bridgehead atoms. The normalized spacial score (nSPS) is 23.9. The van der Waals surface area contributed by atoms with E-state index >= 15 is 0 Å². The number of dihydropyridines is 1. The third kappa shape index (κ3) is 1.21. The third-order valence-corrected chi connectivity index (χ3v) is 1.36. The fourth-order valence-corrected chi connectivity index (χ4v) is 0.730. The van der Waals surface area contributed by atoms with Gasteiger partial charge in [-0.3, -0.25) is 0 Å². The minimum atomic E-state index is -0.287. The fraction of sp³-hybridized carbons (Fsp3) is 0.167. The second-order valence-electron chi connectivity index (χ2n) is 1.61. The molecule has 0 aromatic heterocycles. The molecule has 1 unspecified atom stereocenters. The third-order valence-electron chi connectivity index (χ3n) is 0.997. The van der Waals surface area contributed by atoms with Gasteiger partial charge in [-0.25, -0.2) is 4.99 Å². The lowest BCUT2D eigenvalue weighted by Gasteiger charge is -2.01. The first-order chi connectivity index (χ1) is 4.34. The first-order valence-electron chi connectivity index (χ1n) is 2.49. The van der Waals surface area contributed by atoms with Crippen LogP contribution in [0.5, 0.6) is 0 Å². The molecule has 0 saturated heterocycles. The summed E-state index contributed by atoms with van der Waals surface area (Å²) in [5, 5.41) is 8.40. The van der Waals surface area contributed by atoms with Gasteiger partial charge in [0.2, 0.25) is 0 Å². The van der Waals surface area contributed by atoms with Gasteiger partial charge in [0.05, 0.1) is 6.07 Å². The van der Waals surface area contributed by atoms with Crippen molar-refractivity contribution in [3.63, 3.8) is 0 Å². The lowest BCUT2D eigenvalue weighted by Crippen LogP contribution is -2.07. The first kappa shape index (κ1) is 6.12. The summed E-state index contributed by atoms with van der Waals surface area (Å²) < 4.78 is 0. The molecule has 0 amide bonds. The molecule has 0 aliphatic carbocycles. The number of hydrogen-bond acceptors (Lipinski definition) is 2. The molecule has 9 heavy (non-hydrogen) atoms. The standard InChI is InChI=1S/C6H4N2S/c7-4-5-2-1-3-8-6(5)9/h1-3,5H. The van der Waals surface area contributed by atoms with Gasteiger partial charge in [-0.15, -0.1) is 0 Å². The maximum atomic E-state index is 8.40. The Bertz CT molecular complexity index is 222. The molecule has 1 aliphatic heterocycles. The molecular weight excluding hydrogens is 132 g/mol. The van der Waals surface area contributed by atoms with E-state index in [0.29, 0.717) is 4.99 Å². The van der Waals surface area contributed by atoms with Gasteiger partial charge >= 0.3 is 0 Å². The van der Waals surface area contributed by atoms with E-state index in [1.165, 1.54) is 0 Å². The summed E-state index contributed by atoms with van der Waals surface area (Å²) in [7, 11) is 0. The second-order valence-corrected chi connectivity index (χ2v) is 2.03. The van der Waals surface area contributed by atoms with Crippen molar-refractivity contribution in [3.8, 4) is 6.07 Å². The Balaban J connectivity index is 2.81. The molecule has 0 N–H and O–H groups in total. The van der Waals surface area contributed by atoms with Gasteiger partial charge in [0.15, 0.2) is 0 Å². The molecule has 0 fully saturated rings. The second kappa shape index (κ2) is 2.51. The van der Waals surface area contributed by atoms with Gasteiger partial charge in [-0.2, -0.15) is 5.26 Å². The summed E-state index contributed by atoms with van der Waals surface area (Å²) in [6.45, 7) is 0. The average molecular weight is 136 g/mol. The topological polar surface area (TPSA) is 36.1 Å². The van der Waals surface area contributed by atoms with Crippen LogP contribution < -0.4 is 0 Å². The maximum absolute atomic E-state index is 8.40. The summed E-state index contributed by atoms with van der Waals surface area (Å²) >= 11 is 4.75. The van der Waals surface area contributed by atoms with Crippen molar-refractivity contribution >= 4 is 23.4 Å². The molecule has 1 rings (SSSR count). The van der Waals surface area contributed by atoms with Crippen molar-refractivity contribution in [2.75, 3.05) is 0 Å². The predicted octanol–water partition coefficient (Wildman–Crippen LogP) is 1.09. The van der Waals surface area contributed by atoms with Crippen molar-refractivity contribution in [1.82, 2.24) is 0 Å². The maximum Gasteiger partial charge on any atom is 0.124 e. The van der Waals surface area contributed by atoms with Crippen molar-refractivity contribution in [1.29, 1.82) is 5.26 Å². The molecule has 44 valence electrons. The highest BCUT2D eigenvalue weighted by atomic mass is 32.1. The number of hydrogen-bond donors (Lipinski definition) is 0. The van der Waals surface area contributed by atoms with Crippen LogP contribution in [0.1, 0.15) is 0 Å². The van der Waals surface area contributed by atoms with Crippen LogP contribution in [0.25, 0.3) is 0 Å². The molecule has 2 nitrogen and oxygen atoms in total. The van der Waals surface area contributed by atoms with Crippen LogP contribution >= 0.6 is 12.2 Å². The van der Waals surface area contributed by atoms with Gasteiger partial charge in [0.25, 0.3) is 0 Å². The van der Waals surface area contributed by atoms with E-state index in [1.54, 1.807) is 18.4 Å². The minimum absolute atomic E-state index is 0.287. The molecule has 1 heterocycles. The van der Waals surface area contributed by atoms with Gasteiger partial charge in [0.1, 0.15) is 10.9 Å². The molecule has 0 radical (unpaired) electrons. The molecule has 1 atom stereocenters. The van der Waals surface area contributed by atoms with Crippen LogP contribution in [0.2, 0.25) is 0 Å². The highest BCUT2D eigenvalue weighted by Crippen LogP contribution is 2.05. The summed E-state index contributed by atoms with van der Waals surface area (Å²) in [5.74, 6) is -0.287. The van der Waals surface area contributed by atoms with Crippen molar-refractivity contribution in [3.05, 3.63) is 12.2 Å². The predicted molar refractivity (Wildman–Crippen MR) is 39.3 cm³/mol. The molecule has 0 saturated carbocycles. The molecule has 0 spiro atoms. The zero-order valence-corrected chi connectivity index (χ0v) is 5.43. The number of nitrogens with zero attached hydrogens (tertiary/aromatic N) is 2. The Morgan fingerprint density at radius 3 is 3.00 bits per heavy atom. The Labute approximate surface area is 58.5 Å². The lowest BCUT2D eigenvalue weighted by atomic mass is 10.1. The van der Waals surface area contributed by atoms with Crippen LogP contribution in [0.3, 0.4) is 0 Å². The fourth-order valence-electron chi connectivity index (χ4n) is 0.538. The van der Waals surface area contributed by atoms with E-state index < -0.39 is 0 Å². The quantitative estimate of drug-likeness (QED) is 0.467. The zero-order chi connectivity index (χ0) is 6.69. The van der Waals surface area contributed by atoms with Crippen LogP contribution in [0.4, 0.5) is 0 Å². The summed E-state index contributed by atoms with van der Waals surface area (Å²) in [4.78, 5) is 4.24. The Morgan fingerprint density at radius 1 is 1.78 bits per heavy atom. The summed E-state index contributed by atoms with van der Waals surface area (Å²) in [6, 6.07) is 2.01. The van der Waals surface area contributed by atoms with E-state index in [-0.39, 0.29) is 5.92 Å². The number of aliphatic imine (C=N–C) groups is 1. The highest BCUT2D eigenvalue weighted by Gasteiger charge is 2.09. The minimum Gasteiger partial charge on any atom is -0.248 e. The Kier molecular flexibility index (Phi) is 1.71.